The van der Waals surface area contributed by atoms with Gasteiger partial charge in [-0.15, -0.1) is 0 Å². The van der Waals surface area contributed by atoms with E-state index < -0.39 is 64.0 Å². The maximum absolute atomic E-state index is 14.3. The fourth-order valence-corrected chi connectivity index (χ4v) is 4.84. The van der Waals surface area contributed by atoms with Gasteiger partial charge in [-0.3, -0.25) is 4.98 Å². The Morgan fingerprint density at radius 3 is 2.53 bits per heavy atom. The zero-order chi connectivity index (χ0) is 26.9. The van der Waals surface area contributed by atoms with Crippen molar-refractivity contribution < 1.29 is 45.7 Å². The number of nitrogens with zero attached hydrogens (tertiary/aromatic N) is 3. The second-order valence-electron chi connectivity index (χ2n) is 8.64. The Bertz CT molecular complexity index is 1250. The summed E-state index contributed by atoms with van der Waals surface area (Å²) in [6.07, 6.45) is -5.65. The third-order valence-electron chi connectivity index (χ3n) is 5.35. The van der Waals surface area contributed by atoms with Crippen molar-refractivity contribution in [1.82, 2.24) is 9.29 Å². The summed E-state index contributed by atoms with van der Waals surface area (Å²) < 4.78 is 90.7. The van der Waals surface area contributed by atoms with Crippen molar-refractivity contribution in [3.05, 3.63) is 47.5 Å². The minimum Gasteiger partial charge on any atom is -0.489 e. The highest BCUT2D eigenvalue weighted by Crippen LogP contribution is 2.36. The fourth-order valence-electron chi connectivity index (χ4n) is 3.39. The molecular weight excluding hydrogens is 510 g/mol. The summed E-state index contributed by atoms with van der Waals surface area (Å²) in [4.78, 5) is 2.58. The molecule has 1 aliphatic heterocycles. The van der Waals surface area contributed by atoms with E-state index >= 15 is 0 Å². The van der Waals surface area contributed by atoms with Crippen LogP contribution < -0.4 is 9.47 Å². The topological polar surface area (TPSA) is 133 Å². The van der Waals surface area contributed by atoms with Crippen LogP contribution >= 0.6 is 0 Å². The minimum atomic E-state index is -4.77. The van der Waals surface area contributed by atoms with Crippen molar-refractivity contribution in [1.29, 1.82) is 5.26 Å². The minimum absolute atomic E-state index is 0.0322. The number of aliphatic hydroxyl groups is 2. The molecule has 0 spiro atoms. The van der Waals surface area contributed by atoms with Gasteiger partial charge in [0, 0.05) is 24.9 Å². The molecule has 0 aliphatic carbocycles. The molecule has 3 rings (SSSR count). The molecule has 2 aromatic rings. The summed E-state index contributed by atoms with van der Waals surface area (Å²) in [5.41, 5.74) is -3.76. The number of halogens is 4. The highest BCUT2D eigenvalue weighted by atomic mass is 32.2. The number of ether oxygens (including phenoxy) is 2. The van der Waals surface area contributed by atoms with E-state index in [0.717, 1.165) is 18.2 Å². The zero-order valence-electron chi connectivity index (χ0n) is 19.2. The lowest BCUT2D eigenvalue weighted by atomic mass is 10.0. The molecule has 0 unspecified atom stereocenters. The van der Waals surface area contributed by atoms with Crippen LogP contribution in [0.4, 0.5) is 17.6 Å². The fraction of sp³-hybridized carbons (Fsp3) is 0.455. The number of nitriles is 1. The van der Waals surface area contributed by atoms with E-state index in [1.54, 1.807) is 6.07 Å². The summed E-state index contributed by atoms with van der Waals surface area (Å²) in [6, 6.07) is 4.85. The summed E-state index contributed by atoms with van der Waals surface area (Å²) >= 11 is 0. The molecule has 196 valence electrons. The largest absolute Gasteiger partial charge is 0.489 e. The molecule has 2 atom stereocenters. The van der Waals surface area contributed by atoms with Crippen LogP contribution in [0, 0.1) is 23.1 Å². The molecule has 1 saturated heterocycles. The Morgan fingerprint density at radius 1 is 1.31 bits per heavy atom. The van der Waals surface area contributed by atoms with Crippen molar-refractivity contribution in [3.8, 4) is 17.6 Å². The molecule has 2 N–H and O–H groups in total. The molecule has 1 aromatic carbocycles. The number of pyridine rings is 1. The first-order valence-electron chi connectivity index (χ1n) is 10.6. The van der Waals surface area contributed by atoms with E-state index in [2.05, 4.69) is 4.98 Å². The molecule has 1 fully saturated rings. The molecule has 0 bridgehead atoms. The Hall–Kier alpha value is -2.99. The van der Waals surface area contributed by atoms with Crippen LogP contribution in [0.3, 0.4) is 0 Å². The summed E-state index contributed by atoms with van der Waals surface area (Å²) in [6.45, 7) is 1.70. The van der Waals surface area contributed by atoms with Gasteiger partial charge in [0.15, 0.2) is 11.5 Å². The third-order valence-corrected chi connectivity index (χ3v) is 7.15. The van der Waals surface area contributed by atoms with E-state index in [4.69, 9.17) is 14.7 Å². The standard InChI is InChI=1S/C22H23F4N3O6S/c1-13(2)10-34-17-5-14(7-27)16(23)6-18(17)35-20-9-29(11-21(20,31)12-30)36(32,33)15-3-4-19(28-8-15)22(24,25)26/h3-6,8,13,20,30-31H,9-12H2,1-2H3/t20-,21+/m0/s1. The van der Waals surface area contributed by atoms with Crippen LogP contribution in [0.1, 0.15) is 25.1 Å². The zero-order valence-corrected chi connectivity index (χ0v) is 20.0. The smallest absolute Gasteiger partial charge is 0.433 e. The number of alkyl halides is 3. The lowest BCUT2D eigenvalue weighted by Crippen LogP contribution is -2.48. The van der Waals surface area contributed by atoms with Crippen LogP contribution in [0.5, 0.6) is 11.5 Å². The van der Waals surface area contributed by atoms with Gasteiger partial charge >= 0.3 is 6.18 Å². The second kappa shape index (κ2) is 10.2. The first-order valence-corrected chi connectivity index (χ1v) is 12.0. The average molecular weight is 534 g/mol. The molecule has 0 radical (unpaired) electrons. The van der Waals surface area contributed by atoms with Crippen molar-refractivity contribution in [2.24, 2.45) is 5.92 Å². The van der Waals surface area contributed by atoms with Gasteiger partial charge in [-0.05, 0) is 18.1 Å². The van der Waals surface area contributed by atoms with Crippen molar-refractivity contribution >= 4 is 10.0 Å². The first kappa shape index (κ1) is 27.6. The van der Waals surface area contributed by atoms with E-state index in [-0.39, 0.29) is 29.6 Å². The molecule has 1 aromatic heterocycles. The number of hydrogen-bond acceptors (Lipinski definition) is 8. The van der Waals surface area contributed by atoms with Gasteiger partial charge in [-0.1, -0.05) is 13.8 Å². The Kier molecular flexibility index (Phi) is 7.80. The molecule has 0 saturated carbocycles. The first-order chi connectivity index (χ1) is 16.7. The van der Waals surface area contributed by atoms with E-state index in [9.17, 15) is 36.2 Å². The maximum atomic E-state index is 14.3. The van der Waals surface area contributed by atoms with Crippen LogP contribution in [0.15, 0.2) is 35.4 Å². The molecule has 14 heteroatoms. The van der Waals surface area contributed by atoms with E-state index in [0.29, 0.717) is 16.6 Å². The molecule has 9 nitrogen and oxygen atoms in total. The number of sulfonamides is 1. The number of β-amino-alcohol motifs (C(OH)–C–C–N with tert-alkyl or cyclic N) is 1. The predicted molar refractivity (Wildman–Crippen MR) is 116 cm³/mol. The number of benzene rings is 1. The van der Waals surface area contributed by atoms with E-state index in [1.165, 1.54) is 0 Å². The number of aromatic nitrogens is 1. The van der Waals surface area contributed by atoms with Gasteiger partial charge in [0.05, 0.1) is 25.3 Å². The highest BCUT2D eigenvalue weighted by Gasteiger charge is 2.51. The summed E-state index contributed by atoms with van der Waals surface area (Å²) in [5, 5.41) is 29.8. The third kappa shape index (κ3) is 5.70. The SMILES string of the molecule is CC(C)COc1cc(C#N)c(F)cc1O[C@H]1CN(S(=O)(=O)c2ccc(C(F)(F)F)nc2)C[C@@]1(O)CO. The Labute approximate surface area is 204 Å². The van der Waals surface area contributed by atoms with Crippen LogP contribution in [0.25, 0.3) is 0 Å². The van der Waals surface area contributed by atoms with Crippen LogP contribution in [-0.2, 0) is 16.2 Å². The Morgan fingerprint density at radius 2 is 2.00 bits per heavy atom. The number of aliphatic hydroxyl groups excluding tert-OH is 1. The predicted octanol–water partition coefficient (Wildman–Crippen LogP) is 2.32. The normalized spacial score (nSPS) is 20.9. The van der Waals surface area contributed by atoms with Crippen molar-refractivity contribution in [2.75, 3.05) is 26.3 Å². The van der Waals surface area contributed by atoms with Gasteiger partial charge in [-0.25, -0.2) is 12.8 Å². The average Bonchev–Trinajstić information content (AvgIpc) is 3.15. The lowest BCUT2D eigenvalue weighted by Gasteiger charge is -2.28. The summed E-state index contributed by atoms with van der Waals surface area (Å²) in [7, 11) is -4.45. The molecule has 0 amide bonds. The summed E-state index contributed by atoms with van der Waals surface area (Å²) in [5.74, 6) is -1.17. The van der Waals surface area contributed by atoms with Gasteiger partial charge in [-0.2, -0.15) is 22.7 Å². The lowest BCUT2D eigenvalue weighted by molar-refractivity contribution is -0.141. The number of hydrogen-bond donors (Lipinski definition) is 2. The molecule has 1 aliphatic rings. The van der Waals surface area contributed by atoms with Gasteiger partial charge in [0.25, 0.3) is 0 Å². The monoisotopic (exact) mass is 533 g/mol. The van der Waals surface area contributed by atoms with Crippen molar-refractivity contribution in [3.63, 3.8) is 0 Å². The van der Waals surface area contributed by atoms with Gasteiger partial charge in [0.1, 0.15) is 34.2 Å². The highest BCUT2D eigenvalue weighted by molar-refractivity contribution is 7.89. The molecular formula is C22H23F4N3O6S. The quantitative estimate of drug-likeness (QED) is 0.494. The van der Waals surface area contributed by atoms with Crippen LogP contribution in [0.2, 0.25) is 0 Å². The van der Waals surface area contributed by atoms with Gasteiger partial charge in [0.2, 0.25) is 10.0 Å². The van der Waals surface area contributed by atoms with Crippen LogP contribution in [-0.4, -0.2) is 65.9 Å². The number of rotatable bonds is 8. The van der Waals surface area contributed by atoms with Gasteiger partial charge < -0.3 is 19.7 Å². The second-order valence-corrected chi connectivity index (χ2v) is 10.6. The molecule has 2 heterocycles. The molecule has 36 heavy (non-hydrogen) atoms. The maximum Gasteiger partial charge on any atom is 0.433 e. The Balaban J connectivity index is 1.91. The van der Waals surface area contributed by atoms with Crippen molar-refractivity contribution in [2.45, 2.75) is 36.6 Å². The van der Waals surface area contributed by atoms with E-state index in [1.807, 2.05) is 13.8 Å².